The van der Waals surface area contributed by atoms with Crippen molar-refractivity contribution >= 4 is 33.4 Å². The number of amides is 2. The highest BCUT2D eigenvalue weighted by molar-refractivity contribution is 7.89. The predicted octanol–water partition coefficient (Wildman–Crippen LogP) is 2.87. The Morgan fingerprint density at radius 1 is 1.09 bits per heavy atom. The third kappa shape index (κ3) is 3.76. The number of carbonyl (C=O) groups excluding carboxylic acids is 2. The zero-order chi connectivity index (χ0) is 23.6. The summed E-state index contributed by atoms with van der Waals surface area (Å²) in [5, 5.41) is 2.87. The van der Waals surface area contributed by atoms with Crippen molar-refractivity contribution in [1.29, 1.82) is 0 Å². The van der Waals surface area contributed by atoms with Crippen LogP contribution in [0.2, 0.25) is 5.02 Å². The van der Waals surface area contributed by atoms with Gasteiger partial charge in [-0.2, -0.15) is 4.72 Å². The van der Waals surface area contributed by atoms with Crippen LogP contribution in [-0.4, -0.2) is 31.8 Å². The Kier molecular flexibility index (Phi) is 5.53. The van der Waals surface area contributed by atoms with Gasteiger partial charge in [-0.05, 0) is 74.8 Å². The lowest BCUT2D eigenvalue weighted by atomic mass is 9.47. The minimum atomic E-state index is -4.31. The first kappa shape index (κ1) is 23.1. The molecule has 5 aliphatic rings. The van der Waals surface area contributed by atoms with E-state index in [1.54, 1.807) is 0 Å². The molecule has 0 aromatic heterocycles. The molecular weight excluding hydrogens is 469 g/mol. The van der Waals surface area contributed by atoms with Crippen molar-refractivity contribution in [3.05, 3.63) is 29.0 Å². The summed E-state index contributed by atoms with van der Waals surface area (Å²) in [6.45, 7) is 0. The van der Waals surface area contributed by atoms with Crippen LogP contribution in [0.5, 0.6) is 0 Å². The van der Waals surface area contributed by atoms with Crippen LogP contribution in [0.3, 0.4) is 0 Å². The molecule has 1 aromatic carbocycles. The number of hydrogen-bond acceptors (Lipinski definition) is 4. The van der Waals surface area contributed by atoms with Crippen LogP contribution in [0.15, 0.2) is 23.1 Å². The van der Waals surface area contributed by atoms with E-state index in [4.69, 9.17) is 17.3 Å². The Hall–Kier alpha value is -1.71. The van der Waals surface area contributed by atoms with Gasteiger partial charge in [0.1, 0.15) is 10.4 Å². The second kappa shape index (κ2) is 7.92. The molecular formula is C23H29ClFN3O4S. The largest absolute Gasteiger partial charge is 0.369 e. The molecule has 0 saturated heterocycles. The number of nitrogens with one attached hydrogen (secondary N) is 2. The average Bonchev–Trinajstić information content (AvgIpc) is 3.21. The number of carbonyl (C=O) groups is 2. The highest BCUT2D eigenvalue weighted by atomic mass is 35.5. The molecule has 10 heteroatoms. The third-order valence-corrected chi connectivity index (χ3v) is 10.4. The van der Waals surface area contributed by atoms with Crippen LogP contribution in [0.1, 0.15) is 57.8 Å². The molecule has 5 saturated carbocycles. The van der Waals surface area contributed by atoms with Crippen LogP contribution in [-0.2, 0) is 19.6 Å². The van der Waals surface area contributed by atoms with Gasteiger partial charge in [0.15, 0.2) is 5.82 Å². The summed E-state index contributed by atoms with van der Waals surface area (Å²) in [7, 11) is -4.31. The number of nitrogens with two attached hydrogens (primary N) is 1. The number of hydrogen-bond donors (Lipinski definition) is 3. The van der Waals surface area contributed by atoms with Gasteiger partial charge >= 0.3 is 0 Å². The number of primary amides is 1. The molecule has 1 aromatic rings. The molecule has 33 heavy (non-hydrogen) atoms. The van der Waals surface area contributed by atoms with Gasteiger partial charge in [0.25, 0.3) is 0 Å². The van der Waals surface area contributed by atoms with Crippen molar-refractivity contribution < 1.29 is 22.4 Å². The lowest BCUT2D eigenvalue weighted by Gasteiger charge is -2.59. The maximum atomic E-state index is 14.5. The van der Waals surface area contributed by atoms with Gasteiger partial charge in [-0.1, -0.05) is 30.5 Å². The molecule has 0 aliphatic heterocycles. The maximum Gasteiger partial charge on any atom is 0.244 e. The van der Waals surface area contributed by atoms with Crippen molar-refractivity contribution in [2.24, 2.45) is 28.9 Å². The minimum absolute atomic E-state index is 0.105. The van der Waals surface area contributed by atoms with Crippen LogP contribution in [0.25, 0.3) is 0 Å². The SMILES string of the molecule is NC(=O)C12CC3CC(C1)C(NC(=O)C1(NS(=O)(=O)c4cccc(Cl)c4F)CCCC1)C(C3)C2. The molecule has 6 rings (SSSR count). The molecule has 2 atom stereocenters. The first-order chi connectivity index (χ1) is 15.6. The van der Waals surface area contributed by atoms with Gasteiger partial charge in [0.05, 0.1) is 5.02 Å². The third-order valence-electron chi connectivity index (χ3n) is 8.52. The second-order valence-electron chi connectivity index (χ2n) is 10.6. The van der Waals surface area contributed by atoms with E-state index in [2.05, 4.69) is 10.0 Å². The zero-order valence-corrected chi connectivity index (χ0v) is 19.9. The molecule has 0 heterocycles. The molecule has 2 amide bonds. The normalized spacial score (nSPS) is 34.4. The Morgan fingerprint density at radius 3 is 2.33 bits per heavy atom. The fraction of sp³-hybridized carbons (Fsp3) is 0.652. The summed E-state index contributed by atoms with van der Waals surface area (Å²) in [6.07, 6.45) is 6.15. The van der Waals surface area contributed by atoms with E-state index in [1.165, 1.54) is 12.1 Å². The summed E-state index contributed by atoms with van der Waals surface area (Å²) in [5.41, 5.74) is 3.97. The van der Waals surface area contributed by atoms with E-state index in [1.807, 2.05) is 0 Å². The zero-order valence-electron chi connectivity index (χ0n) is 18.3. The van der Waals surface area contributed by atoms with Crippen molar-refractivity contribution in [1.82, 2.24) is 10.0 Å². The fourth-order valence-electron chi connectivity index (χ4n) is 7.21. The van der Waals surface area contributed by atoms with Crippen molar-refractivity contribution in [3.63, 3.8) is 0 Å². The maximum absolute atomic E-state index is 14.5. The van der Waals surface area contributed by atoms with Crippen LogP contribution >= 0.6 is 11.6 Å². The Balaban J connectivity index is 1.38. The average molecular weight is 498 g/mol. The van der Waals surface area contributed by atoms with Crippen molar-refractivity contribution in [2.45, 2.75) is 74.3 Å². The van der Waals surface area contributed by atoms with E-state index >= 15 is 0 Å². The summed E-state index contributed by atoms with van der Waals surface area (Å²) in [5.74, 6) is -0.862. The van der Waals surface area contributed by atoms with Gasteiger partial charge < -0.3 is 11.1 Å². The number of sulfonamides is 1. The quantitative estimate of drug-likeness (QED) is 0.560. The molecule has 5 aliphatic carbocycles. The van der Waals surface area contributed by atoms with E-state index in [9.17, 15) is 22.4 Å². The van der Waals surface area contributed by atoms with E-state index in [0.29, 0.717) is 44.4 Å². The molecule has 4 bridgehead atoms. The first-order valence-electron chi connectivity index (χ1n) is 11.6. The lowest BCUT2D eigenvalue weighted by Crippen LogP contribution is -2.65. The second-order valence-corrected chi connectivity index (χ2v) is 12.6. The first-order valence-corrected chi connectivity index (χ1v) is 13.5. The molecule has 0 radical (unpaired) electrons. The highest BCUT2D eigenvalue weighted by Crippen LogP contribution is 2.60. The van der Waals surface area contributed by atoms with E-state index in [-0.39, 0.29) is 34.7 Å². The van der Waals surface area contributed by atoms with Gasteiger partial charge in [-0.15, -0.1) is 0 Å². The van der Waals surface area contributed by atoms with Crippen LogP contribution in [0, 0.1) is 29.0 Å². The molecule has 5 fully saturated rings. The Bertz CT molecular complexity index is 1090. The van der Waals surface area contributed by atoms with Gasteiger partial charge in [0.2, 0.25) is 21.8 Å². The van der Waals surface area contributed by atoms with Crippen molar-refractivity contribution in [2.75, 3.05) is 0 Å². The summed E-state index contributed by atoms with van der Waals surface area (Å²) in [4.78, 5) is 25.2. The molecule has 4 N–H and O–H groups in total. The van der Waals surface area contributed by atoms with Gasteiger partial charge in [0, 0.05) is 11.5 Å². The lowest BCUT2D eigenvalue weighted by molar-refractivity contribution is -0.148. The predicted molar refractivity (Wildman–Crippen MR) is 120 cm³/mol. The number of benzene rings is 1. The smallest absolute Gasteiger partial charge is 0.244 e. The fourth-order valence-corrected chi connectivity index (χ4v) is 8.96. The standard InChI is InChI=1S/C23H29ClFN3O4S/c24-16-4-3-5-17(18(16)25)33(31,32)28-23(6-1-2-7-23)21(30)27-19-14-8-13-9-15(19)12-22(10-13,11-14)20(26)29/h3-5,13-15,19,28H,1-2,6-12H2,(H2,26,29)(H,27,30). The molecule has 2 unspecified atom stereocenters. The Morgan fingerprint density at radius 2 is 1.73 bits per heavy atom. The summed E-state index contributed by atoms with van der Waals surface area (Å²) in [6, 6.07) is 3.68. The van der Waals surface area contributed by atoms with Gasteiger partial charge in [-0.3, -0.25) is 9.59 Å². The van der Waals surface area contributed by atoms with Crippen LogP contribution in [0.4, 0.5) is 4.39 Å². The van der Waals surface area contributed by atoms with Crippen molar-refractivity contribution in [3.8, 4) is 0 Å². The molecule has 0 spiro atoms. The highest BCUT2D eigenvalue weighted by Gasteiger charge is 2.59. The minimum Gasteiger partial charge on any atom is -0.369 e. The Labute approximate surface area is 198 Å². The van der Waals surface area contributed by atoms with Crippen LogP contribution < -0.4 is 15.8 Å². The number of halogens is 2. The number of rotatable bonds is 6. The summed E-state index contributed by atoms with van der Waals surface area (Å²) < 4.78 is 43.2. The van der Waals surface area contributed by atoms with Gasteiger partial charge in [-0.25, -0.2) is 12.8 Å². The van der Waals surface area contributed by atoms with E-state index < -0.39 is 31.7 Å². The molecule has 180 valence electrons. The van der Waals surface area contributed by atoms with E-state index in [0.717, 1.165) is 25.3 Å². The topological polar surface area (TPSA) is 118 Å². The molecule has 7 nitrogen and oxygen atoms in total. The summed E-state index contributed by atoms with van der Waals surface area (Å²) >= 11 is 5.79. The monoisotopic (exact) mass is 497 g/mol.